The van der Waals surface area contributed by atoms with Crippen LogP contribution in [0.4, 0.5) is 28.4 Å². The smallest absolute Gasteiger partial charge is 0.129 e. The fraction of sp³-hybridized carbons (Fsp3) is 0.0345. The standard InChI is InChI=1S/C58H42N4O/c1-3-15-40(16-4-1)50-24-14-25-51(41-17-5-2-6-18-41)58(50)62-39-61(55-27-11-12-28-56(55)62)45-20-13-21-46(36-45)63-47-32-34-53-52-23-9-10-26-54(52)60(57(53)37-47)38-59-44-31-33-49-43(35-44)30-29-42-19-7-8-22-48(42)49/h1-37,59H,38-39H2. The second-order valence-corrected chi connectivity index (χ2v) is 16.2. The van der Waals surface area contributed by atoms with Crippen LogP contribution in [-0.2, 0) is 6.67 Å². The monoisotopic (exact) mass is 810 g/mol. The fourth-order valence-corrected chi connectivity index (χ4v) is 9.57. The third-order valence-electron chi connectivity index (χ3n) is 12.5. The minimum absolute atomic E-state index is 0.603. The molecule has 1 aromatic heterocycles. The number of ether oxygens (including phenoxy) is 1. The molecule has 1 aliphatic heterocycles. The Morgan fingerprint density at radius 1 is 0.413 bits per heavy atom. The van der Waals surface area contributed by atoms with E-state index in [1.54, 1.807) is 0 Å². The van der Waals surface area contributed by atoms with Gasteiger partial charge < -0.3 is 24.4 Å². The zero-order valence-corrected chi connectivity index (χ0v) is 34.5. The van der Waals surface area contributed by atoms with Gasteiger partial charge in [-0.3, -0.25) is 0 Å². The van der Waals surface area contributed by atoms with Gasteiger partial charge in [0.05, 0.1) is 34.8 Å². The van der Waals surface area contributed by atoms with E-state index < -0.39 is 0 Å². The molecule has 300 valence electrons. The minimum Gasteiger partial charge on any atom is -0.457 e. The number of rotatable bonds is 9. The molecule has 0 amide bonds. The predicted molar refractivity (Wildman–Crippen MR) is 264 cm³/mol. The Morgan fingerprint density at radius 2 is 1.02 bits per heavy atom. The minimum atomic E-state index is 0.603. The first kappa shape index (κ1) is 36.6. The molecule has 0 saturated heterocycles. The first-order valence-electron chi connectivity index (χ1n) is 21.6. The number of aromatic nitrogens is 1. The molecule has 0 spiro atoms. The van der Waals surface area contributed by atoms with Gasteiger partial charge >= 0.3 is 0 Å². The number of hydrogen-bond acceptors (Lipinski definition) is 4. The Bertz CT molecular complexity index is 3430. The first-order chi connectivity index (χ1) is 31.2. The third-order valence-corrected chi connectivity index (χ3v) is 12.5. The highest BCUT2D eigenvalue weighted by molar-refractivity contribution is 6.09. The molecule has 2 heterocycles. The summed E-state index contributed by atoms with van der Waals surface area (Å²) in [4.78, 5) is 4.86. The summed E-state index contributed by atoms with van der Waals surface area (Å²) in [7, 11) is 0. The maximum Gasteiger partial charge on any atom is 0.129 e. The molecule has 11 aromatic rings. The molecule has 0 saturated carbocycles. The van der Waals surface area contributed by atoms with Crippen LogP contribution in [0.15, 0.2) is 224 Å². The van der Waals surface area contributed by atoms with Crippen molar-refractivity contribution in [1.29, 1.82) is 0 Å². The van der Waals surface area contributed by atoms with Gasteiger partial charge in [0, 0.05) is 45.4 Å². The van der Waals surface area contributed by atoms with Crippen LogP contribution in [0.5, 0.6) is 11.5 Å². The van der Waals surface area contributed by atoms with Crippen molar-refractivity contribution in [3.63, 3.8) is 0 Å². The Labute approximate surface area is 366 Å². The molecule has 0 fully saturated rings. The van der Waals surface area contributed by atoms with E-state index in [0.29, 0.717) is 13.3 Å². The Hall–Kier alpha value is -8.28. The Balaban J connectivity index is 0.868. The van der Waals surface area contributed by atoms with E-state index >= 15 is 0 Å². The lowest BCUT2D eigenvalue weighted by Crippen LogP contribution is -2.24. The van der Waals surface area contributed by atoms with Gasteiger partial charge in [-0.1, -0.05) is 158 Å². The molecular weight excluding hydrogens is 769 g/mol. The summed E-state index contributed by atoms with van der Waals surface area (Å²) in [6, 6.07) is 80.0. The van der Waals surface area contributed by atoms with Crippen LogP contribution < -0.4 is 19.9 Å². The summed E-state index contributed by atoms with van der Waals surface area (Å²) in [6.45, 7) is 1.24. The molecule has 5 nitrogen and oxygen atoms in total. The van der Waals surface area contributed by atoms with E-state index in [0.717, 1.165) is 39.8 Å². The fourth-order valence-electron chi connectivity index (χ4n) is 9.57. The predicted octanol–water partition coefficient (Wildman–Crippen LogP) is 15.5. The van der Waals surface area contributed by atoms with E-state index in [1.165, 1.54) is 65.8 Å². The number of para-hydroxylation sites is 4. The molecule has 0 unspecified atom stereocenters. The second kappa shape index (κ2) is 15.3. The molecule has 0 atom stereocenters. The Kier molecular flexibility index (Phi) is 8.89. The first-order valence-corrected chi connectivity index (χ1v) is 21.6. The van der Waals surface area contributed by atoms with Crippen LogP contribution >= 0.6 is 0 Å². The van der Waals surface area contributed by atoms with Crippen molar-refractivity contribution >= 4 is 71.8 Å². The van der Waals surface area contributed by atoms with Crippen molar-refractivity contribution in [2.75, 3.05) is 21.8 Å². The molecule has 1 aliphatic rings. The second-order valence-electron chi connectivity index (χ2n) is 16.2. The van der Waals surface area contributed by atoms with Crippen molar-refractivity contribution in [3.05, 3.63) is 224 Å². The van der Waals surface area contributed by atoms with Gasteiger partial charge in [-0.05, 0) is 87.3 Å². The third kappa shape index (κ3) is 6.50. The van der Waals surface area contributed by atoms with Crippen molar-refractivity contribution in [2.24, 2.45) is 0 Å². The lowest BCUT2D eigenvalue weighted by atomic mass is 9.95. The highest BCUT2D eigenvalue weighted by Gasteiger charge is 2.31. The summed E-state index contributed by atoms with van der Waals surface area (Å²) in [5, 5.41) is 11.2. The number of hydrogen-bond donors (Lipinski definition) is 1. The van der Waals surface area contributed by atoms with Crippen molar-refractivity contribution in [3.8, 4) is 33.8 Å². The zero-order chi connectivity index (χ0) is 41.7. The largest absolute Gasteiger partial charge is 0.457 e. The molecule has 0 radical (unpaired) electrons. The van der Waals surface area contributed by atoms with Gasteiger partial charge in [0.1, 0.15) is 18.2 Å². The van der Waals surface area contributed by atoms with Gasteiger partial charge in [0.2, 0.25) is 0 Å². The average molecular weight is 811 g/mol. The highest BCUT2D eigenvalue weighted by Crippen LogP contribution is 2.50. The zero-order valence-electron chi connectivity index (χ0n) is 34.5. The van der Waals surface area contributed by atoms with Gasteiger partial charge in [0.25, 0.3) is 0 Å². The van der Waals surface area contributed by atoms with E-state index in [4.69, 9.17) is 4.74 Å². The van der Waals surface area contributed by atoms with E-state index in [2.05, 4.69) is 238 Å². The van der Waals surface area contributed by atoms with Crippen LogP contribution in [0.1, 0.15) is 0 Å². The number of nitrogens with one attached hydrogen (secondary N) is 1. The number of fused-ring (bicyclic) bond motifs is 7. The van der Waals surface area contributed by atoms with Crippen molar-refractivity contribution in [1.82, 2.24) is 4.57 Å². The lowest BCUT2D eigenvalue weighted by molar-refractivity contribution is 0.483. The number of nitrogens with zero attached hydrogens (tertiary/aromatic N) is 3. The molecule has 0 bridgehead atoms. The van der Waals surface area contributed by atoms with Crippen molar-refractivity contribution < 1.29 is 4.74 Å². The normalized spacial score (nSPS) is 12.4. The van der Waals surface area contributed by atoms with Gasteiger partial charge in [0.15, 0.2) is 0 Å². The van der Waals surface area contributed by atoms with Gasteiger partial charge in [-0.2, -0.15) is 0 Å². The molecule has 1 N–H and O–H groups in total. The van der Waals surface area contributed by atoms with Crippen LogP contribution in [-0.4, -0.2) is 11.2 Å². The lowest BCUT2D eigenvalue weighted by Gasteiger charge is -2.27. The maximum atomic E-state index is 6.76. The SMILES string of the molecule is c1ccc(-c2cccc(-c3ccccc3)c2N2CN(c3cccc(Oc4ccc5c6ccccc6n(CNc6ccc7c(ccc8ccccc87)c6)c5c4)c3)c3ccccc32)cc1. The van der Waals surface area contributed by atoms with E-state index in [-0.39, 0.29) is 0 Å². The number of benzene rings is 10. The summed E-state index contributed by atoms with van der Waals surface area (Å²) in [6.07, 6.45) is 0. The molecular formula is C58H42N4O. The molecule has 0 aliphatic carbocycles. The molecule has 10 aromatic carbocycles. The quantitative estimate of drug-likeness (QED) is 0.147. The summed E-state index contributed by atoms with van der Waals surface area (Å²) >= 11 is 0. The Morgan fingerprint density at radius 3 is 1.81 bits per heavy atom. The van der Waals surface area contributed by atoms with Gasteiger partial charge in [-0.25, -0.2) is 0 Å². The highest BCUT2D eigenvalue weighted by atomic mass is 16.5. The van der Waals surface area contributed by atoms with Crippen LogP contribution in [0.25, 0.3) is 65.6 Å². The topological polar surface area (TPSA) is 32.7 Å². The van der Waals surface area contributed by atoms with Crippen molar-refractivity contribution in [2.45, 2.75) is 6.67 Å². The summed E-state index contributed by atoms with van der Waals surface area (Å²) in [5.74, 6) is 1.57. The van der Waals surface area contributed by atoms with Crippen LogP contribution in [0.2, 0.25) is 0 Å². The van der Waals surface area contributed by atoms with Crippen LogP contribution in [0, 0.1) is 0 Å². The van der Waals surface area contributed by atoms with E-state index in [9.17, 15) is 0 Å². The average Bonchev–Trinajstić information content (AvgIpc) is 3.89. The van der Waals surface area contributed by atoms with Crippen LogP contribution in [0.3, 0.4) is 0 Å². The summed E-state index contributed by atoms with van der Waals surface area (Å²) < 4.78 is 9.12. The number of anilines is 5. The van der Waals surface area contributed by atoms with E-state index in [1.807, 2.05) is 6.07 Å². The molecule has 63 heavy (non-hydrogen) atoms. The molecule has 5 heteroatoms. The van der Waals surface area contributed by atoms with Gasteiger partial charge in [-0.15, -0.1) is 0 Å². The maximum absolute atomic E-state index is 6.76. The molecule has 12 rings (SSSR count). The summed E-state index contributed by atoms with van der Waals surface area (Å²) in [5.41, 5.74) is 12.7.